The monoisotopic (exact) mass is 169 g/mol. The van der Waals surface area contributed by atoms with Gasteiger partial charge >= 0.3 is 0 Å². The minimum Gasteiger partial charge on any atom is -0.379 e. The first kappa shape index (κ1) is 9.22. The van der Waals surface area contributed by atoms with Gasteiger partial charge in [-0.1, -0.05) is 0 Å². The average molecular weight is 169 g/mol. The van der Waals surface area contributed by atoms with Crippen molar-refractivity contribution in [1.29, 1.82) is 0 Å². The predicted octanol–water partition coefficient (Wildman–Crippen LogP) is 0.156. The normalized spacial score (nSPS) is 13.3. The highest BCUT2D eigenvalue weighted by Gasteiger charge is 2.03. The Morgan fingerprint density at radius 2 is 2.42 bits per heavy atom. The highest BCUT2D eigenvalue weighted by molar-refractivity contribution is 5.15. The molecule has 1 heterocycles. The van der Waals surface area contributed by atoms with E-state index >= 15 is 0 Å². The first-order chi connectivity index (χ1) is 5.61. The lowest BCUT2D eigenvalue weighted by atomic mass is 10.2. The number of nitrogens with zero attached hydrogens (tertiary/aromatic N) is 2. The van der Waals surface area contributed by atoms with Gasteiger partial charge in [0.15, 0.2) is 0 Å². The summed E-state index contributed by atoms with van der Waals surface area (Å²) in [5.74, 6) is 0. The molecule has 1 rings (SSSR count). The van der Waals surface area contributed by atoms with Crippen molar-refractivity contribution in [2.24, 2.45) is 7.05 Å². The first-order valence-corrected chi connectivity index (χ1v) is 4.00. The van der Waals surface area contributed by atoms with Crippen molar-refractivity contribution >= 4 is 0 Å². The third-order valence-corrected chi connectivity index (χ3v) is 1.92. The van der Waals surface area contributed by atoms with Gasteiger partial charge in [0.05, 0.1) is 6.20 Å². The Morgan fingerprint density at radius 1 is 1.75 bits per heavy atom. The molecule has 2 N–H and O–H groups in total. The van der Waals surface area contributed by atoms with Gasteiger partial charge in [-0.15, -0.1) is 0 Å². The lowest BCUT2D eigenvalue weighted by molar-refractivity contribution is 0.154. The topological polar surface area (TPSA) is 50.1 Å². The summed E-state index contributed by atoms with van der Waals surface area (Å²) in [5.41, 5.74) is 2.25. The molecule has 0 bridgehead atoms. The molecule has 0 aliphatic rings. The number of nitrogens with one attached hydrogen (secondary N) is 1. The number of hydrogen-bond donors (Lipinski definition) is 2. The molecule has 0 saturated heterocycles. The Balaban J connectivity index is 2.58. The highest BCUT2D eigenvalue weighted by Crippen LogP contribution is 2.04. The minimum atomic E-state index is -0.468. The summed E-state index contributed by atoms with van der Waals surface area (Å²) >= 11 is 0. The van der Waals surface area contributed by atoms with E-state index in [-0.39, 0.29) is 0 Å². The van der Waals surface area contributed by atoms with Crippen molar-refractivity contribution in [2.75, 3.05) is 0 Å². The molecule has 68 valence electrons. The third-order valence-electron chi connectivity index (χ3n) is 1.92. The van der Waals surface area contributed by atoms with Gasteiger partial charge in [-0.3, -0.25) is 10.00 Å². The second-order valence-electron chi connectivity index (χ2n) is 2.94. The SMILES string of the molecule is Cc1c(CNC(C)O)cnn1C. The van der Waals surface area contributed by atoms with Gasteiger partial charge in [0, 0.05) is 24.8 Å². The molecule has 1 atom stereocenters. The molecule has 12 heavy (non-hydrogen) atoms. The van der Waals surface area contributed by atoms with E-state index in [4.69, 9.17) is 5.11 Å². The molecular formula is C8H15N3O. The van der Waals surface area contributed by atoms with Crippen LogP contribution in [0.25, 0.3) is 0 Å². The molecule has 4 heteroatoms. The number of aryl methyl sites for hydroxylation is 1. The first-order valence-electron chi connectivity index (χ1n) is 4.00. The maximum atomic E-state index is 8.97. The molecule has 0 aliphatic heterocycles. The average Bonchev–Trinajstić information content (AvgIpc) is 2.30. The highest BCUT2D eigenvalue weighted by atomic mass is 16.3. The second kappa shape index (κ2) is 3.69. The molecule has 0 radical (unpaired) electrons. The van der Waals surface area contributed by atoms with E-state index in [1.165, 1.54) is 0 Å². The van der Waals surface area contributed by atoms with Crippen molar-refractivity contribution in [1.82, 2.24) is 15.1 Å². The molecular weight excluding hydrogens is 154 g/mol. The maximum Gasteiger partial charge on any atom is 0.102 e. The summed E-state index contributed by atoms with van der Waals surface area (Å²) in [7, 11) is 1.90. The van der Waals surface area contributed by atoms with Gasteiger partial charge in [0.1, 0.15) is 6.23 Å². The van der Waals surface area contributed by atoms with Gasteiger partial charge in [0.2, 0.25) is 0 Å². The predicted molar refractivity (Wildman–Crippen MR) is 46.5 cm³/mol. The fraction of sp³-hybridized carbons (Fsp3) is 0.625. The Hall–Kier alpha value is -0.870. The Kier molecular flexibility index (Phi) is 2.83. The van der Waals surface area contributed by atoms with Crippen molar-refractivity contribution in [3.8, 4) is 0 Å². The van der Waals surface area contributed by atoms with Crippen LogP contribution in [0.1, 0.15) is 18.2 Å². The zero-order valence-electron chi connectivity index (χ0n) is 7.70. The molecule has 0 fully saturated rings. The molecule has 0 spiro atoms. The fourth-order valence-corrected chi connectivity index (χ4v) is 0.975. The number of hydrogen-bond acceptors (Lipinski definition) is 3. The van der Waals surface area contributed by atoms with Crippen LogP contribution in [0.2, 0.25) is 0 Å². The number of aliphatic hydroxyl groups excluding tert-OH is 1. The second-order valence-corrected chi connectivity index (χ2v) is 2.94. The van der Waals surface area contributed by atoms with Crippen LogP contribution in [0, 0.1) is 6.92 Å². The van der Waals surface area contributed by atoms with Crippen LogP contribution in [-0.4, -0.2) is 21.1 Å². The summed E-state index contributed by atoms with van der Waals surface area (Å²) < 4.78 is 1.82. The molecule has 0 amide bonds. The van der Waals surface area contributed by atoms with E-state index in [1.54, 1.807) is 6.92 Å². The van der Waals surface area contributed by atoms with Crippen LogP contribution < -0.4 is 5.32 Å². The van der Waals surface area contributed by atoms with Crippen LogP contribution in [0.15, 0.2) is 6.20 Å². The Morgan fingerprint density at radius 3 is 2.83 bits per heavy atom. The van der Waals surface area contributed by atoms with E-state index in [9.17, 15) is 0 Å². The van der Waals surface area contributed by atoms with Crippen molar-refractivity contribution < 1.29 is 5.11 Å². The van der Waals surface area contributed by atoms with E-state index < -0.39 is 6.23 Å². The van der Waals surface area contributed by atoms with Crippen LogP contribution in [0.4, 0.5) is 0 Å². The van der Waals surface area contributed by atoms with Gasteiger partial charge in [-0.25, -0.2) is 0 Å². The van der Waals surface area contributed by atoms with E-state index in [2.05, 4.69) is 10.4 Å². The summed E-state index contributed by atoms with van der Waals surface area (Å²) in [5, 5.41) is 16.0. The van der Waals surface area contributed by atoms with Gasteiger partial charge in [-0.2, -0.15) is 5.10 Å². The fourth-order valence-electron chi connectivity index (χ4n) is 0.975. The lowest BCUT2D eigenvalue weighted by Crippen LogP contribution is -2.24. The summed E-state index contributed by atoms with van der Waals surface area (Å²) in [6.45, 7) is 4.37. The maximum absolute atomic E-state index is 8.97. The van der Waals surface area contributed by atoms with Crippen LogP contribution in [0.3, 0.4) is 0 Å². The summed E-state index contributed by atoms with van der Waals surface area (Å²) in [6.07, 6.45) is 1.34. The van der Waals surface area contributed by atoms with Crippen molar-refractivity contribution in [3.63, 3.8) is 0 Å². The van der Waals surface area contributed by atoms with Crippen molar-refractivity contribution in [2.45, 2.75) is 26.6 Å². The largest absolute Gasteiger partial charge is 0.379 e. The minimum absolute atomic E-state index is 0.468. The van der Waals surface area contributed by atoms with Crippen LogP contribution in [0.5, 0.6) is 0 Å². The Bertz CT molecular complexity index is 255. The van der Waals surface area contributed by atoms with Gasteiger partial charge in [-0.05, 0) is 13.8 Å². The van der Waals surface area contributed by atoms with E-state index in [1.807, 2.05) is 24.9 Å². The lowest BCUT2D eigenvalue weighted by Gasteiger charge is -2.06. The molecule has 0 aromatic carbocycles. The Labute approximate surface area is 72.2 Å². The smallest absolute Gasteiger partial charge is 0.102 e. The van der Waals surface area contributed by atoms with Gasteiger partial charge < -0.3 is 5.11 Å². The zero-order chi connectivity index (χ0) is 9.14. The number of aromatic nitrogens is 2. The molecule has 1 aromatic heterocycles. The molecule has 1 aromatic rings. The molecule has 1 unspecified atom stereocenters. The van der Waals surface area contributed by atoms with Crippen LogP contribution in [-0.2, 0) is 13.6 Å². The number of rotatable bonds is 3. The van der Waals surface area contributed by atoms with Crippen molar-refractivity contribution in [3.05, 3.63) is 17.5 Å². The molecule has 0 aliphatic carbocycles. The third kappa shape index (κ3) is 2.06. The zero-order valence-corrected chi connectivity index (χ0v) is 7.70. The molecule has 4 nitrogen and oxygen atoms in total. The molecule has 0 saturated carbocycles. The standard InChI is InChI=1S/C8H15N3O/c1-6-8(4-9-7(2)12)5-10-11(6)3/h5,7,9,12H,4H2,1-3H3. The quantitative estimate of drug-likeness (QED) is 0.633. The van der Waals surface area contributed by atoms with Gasteiger partial charge in [0.25, 0.3) is 0 Å². The summed E-state index contributed by atoms with van der Waals surface area (Å²) in [4.78, 5) is 0. The summed E-state index contributed by atoms with van der Waals surface area (Å²) in [6, 6.07) is 0. The van der Waals surface area contributed by atoms with E-state index in [0.29, 0.717) is 6.54 Å². The van der Waals surface area contributed by atoms with Crippen LogP contribution >= 0.6 is 0 Å². The van der Waals surface area contributed by atoms with E-state index in [0.717, 1.165) is 11.3 Å². The number of aliphatic hydroxyl groups is 1.